The molecule has 4 fully saturated rings. The van der Waals surface area contributed by atoms with Crippen LogP contribution >= 0.6 is 0 Å². The summed E-state index contributed by atoms with van der Waals surface area (Å²) in [7, 11) is 0. The quantitative estimate of drug-likeness (QED) is 0.0388. The van der Waals surface area contributed by atoms with Crippen LogP contribution in [0.15, 0.2) is 0 Å². The fourth-order valence-electron chi connectivity index (χ4n) is 12.9. The van der Waals surface area contributed by atoms with Crippen LogP contribution < -0.4 is 10.6 Å². The summed E-state index contributed by atoms with van der Waals surface area (Å²) in [6.45, 7) is 3.78. The summed E-state index contributed by atoms with van der Waals surface area (Å²) >= 11 is 0. The number of carbonyl (C=O) groups is 2. The van der Waals surface area contributed by atoms with Gasteiger partial charge in [-0.25, -0.2) is 0 Å². The summed E-state index contributed by atoms with van der Waals surface area (Å²) in [5.74, 6) is -1.55. The summed E-state index contributed by atoms with van der Waals surface area (Å²) in [5.41, 5.74) is 0. The zero-order valence-corrected chi connectivity index (χ0v) is 57.1. The van der Waals surface area contributed by atoms with Gasteiger partial charge in [-0.3, -0.25) is 9.59 Å². The molecule has 0 aliphatic carbocycles. The number of hydrogen-bond acceptors (Lipinski definition) is 24. The molecule has 0 aromatic carbocycles. The van der Waals surface area contributed by atoms with E-state index >= 15 is 0 Å². The molecule has 26 heteroatoms. The van der Waals surface area contributed by atoms with Gasteiger partial charge in [0, 0.05) is 6.92 Å². The molecule has 2 amide bonds. The first-order valence-corrected chi connectivity index (χ1v) is 36.3. The summed E-state index contributed by atoms with van der Waals surface area (Å²) in [6.07, 6.45) is -0.394. The molecule has 26 nitrogen and oxygen atoms in total. The molecule has 4 aliphatic heterocycles. The highest BCUT2D eigenvalue weighted by molar-refractivity contribution is 5.80. The fraction of sp³-hybridized carbons (Fsp3) is 0.971. The molecule has 0 radical (unpaired) electrons. The minimum atomic E-state index is -2.10. The van der Waals surface area contributed by atoms with E-state index < -0.39 is 185 Å². The number of nitrogens with one attached hydrogen (secondary N) is 2. The molecule has 4 heterocycles. The van der Waals surface area contributed by atoms with Crippen molar-refractivity contribution in [2.75, 3.05) is 26.4 Å². The van der Waals surface area contributed by atoms with E-state index in [9.17, 15) is 81.1 Å². The first kappa shape index (κ1) is 84.5. The highest BCUT2D eigenvalue weighted by Gasteiger charge is 2.54. The average Bonchev–Trinajstić information content (AvgIpc) is 0.790. The van der Waals surface area contributed by atoms with Crippen LogP contribution in [0.1, 0.15) is 246 Å². The van der Waals surface area contributed by atoms with Crippen LogP contribution in [0, 0.1) is 0 Å². The van der Waals surface area contributed by atoms with Crippen LogP contribution in [0.3, 0.4) is 0 Å². The molecule has 94 heavy (non-hydrogen) atoms. The zero-order valence-electron chi connectivity index (χ0n) is 57.1. The number of aliphatic hydroxyl groups excluding tert-OH is 14. The summed E-state index contributed by atoms with van der Waals surface area (Å²) in [4.78, 5) is 26.3. The van der Waals surface area contributed by atoms with Gasteiger partial charge in [0.15, 0.2) is 25.2 Å². The predicted octanol–water partition coefficient (Wildman–Crippen LogP) is 3.32. The van der Waals surface area contributed by atoms with E-state index in [1.165, 1.54) is 142 Å². The van der Waals surface area contributed by atoms with Gasteiger partial charge in [-0.2, -0.15) is 0 Å². The van der Waals surface area contributed by atoms with Crippen molar-refractivity contribution in [3.05, 3.63) is 0 Å². The number of hydrogen-bond donors (Lipinski definition) is 16. The van der Waals surface area contributed by atoms with E-state index in [1.54, 1.807) is 0 Å². The number of carbonyl (C=O) groups excluding carboxylic acids is 2. The molecule has 4 saturated heterocycles. The maximum Gasteiger partial charge on any atom is 0.249 e. The van der Waals surface area contributed by atoms with Crippen molar-refractivity contribution in [1.29, 1.82) is 0 Å². The molecule has 24 atom stereocenters. The standard InChI is InChI=1S/C68H128N2O24/c1-5-7-9-11-13-15-17-18-19-20-21-22-23-24-25-26-28-30-32-34-36-38-47(75)64(86)70-45(53(77)46(74)37-35-33-31-29-27-16-14-12-10-8-6-2)41-87-68-63(59(83)54(78)48(39-71)91-68)94-67-61(85)58(82)55(79)50(92-67)42-88-65-51(69-44(4)73)62(56(80)49(40-72)90-65)93-66-60(84)57(81)52(76)43(3)89-66/h43,45-63,65-68,71-72,74-85H,5-42H2,1-4H3,(H,69,73)(H,70,86). The smallest absolute Gasteiger partial charge is 0.249 e. The Balaban J connectivity index is 1.37. The van der Waals surface area contributed by atoms with Gasteiger partial charge in [-0.15, -0.1) is 0 Å². The summed E-state index contributed by atoms with van der Waals surface area (Å²) in [6, 6.07) is -2.93. The van der Waals surface area contributed by atoms with Crippen LogP contribution in [0.5, 0.6) is 0 Å². The van der Waals surface area contributed by atoms with E-state index in [4.69, 9.17) is 37.9 Å². The lowest BCUT2D eigenvalue weighted by molar-refractivity contribution is -0.373. The number of amides is 2. The second-order valence-corrected chi connectivity index (χ2v) is 27.1. The highest BCUT2D eigenvalue weighted by atomic mass is 16.8. The Morgan fingerprint density at radius 3 is 1.29 bits per heavy atom. The van der Waals surface area contributed by atoms with Crippen LogP contribution in [0.25, 0.3) is 0 Å². The van der Waals surface area contributed by atoms with E-state index in [2.05, 4.69) is 24.5 Å². The van der Waals surface area contributed by atoms with E-state index in [-0.39, 0.29) is 12.8 Å². The minimum absolute atomic E-state index is 0.124. The Morgan fingerprint density at radius 2 is 0.819 bits per heavy atom. The molecule has 0 aromatic heterocycles. The third-order valence-corrected chi connectivity index (χ3v) is 19.1. The van der Waals surface area contributed by atoms with Crippen molar-refractivity contribution in [2.45, 2.75) is 393 Å². The van der Waals surface area contributed by atoms with Crippen molar-refractivity contribution in [2.24, 2.45) is 0 Å². The molecule has 24 unspecified atom stereocenters. The van der Waals surface area contributed by atoms with Gasteiger partial charge in [0.25, 0.3) is 0 Å². The largest absolute Gasteiger partial charge is 0.394 e. The van der Waals surface area contributed by atoms with Gasteiger partial charge in [0.1, 0.15) is 104 Å². The SMILES string of the molecule is CCCCCCCCCCCCCCCCCCCCCCCC(O)C(=O)NC(COC1OC(CO)C(O)C(O)C1OC1OC(COC2OC(CO)C(O)C(OC3OC(C)C(O)C(O)C3O)C2NC(C)=O)C(O)C(O)C1O)C(O)C(O)CCCCCCCCCCCCC. The molecule has 4 rings (SSSR count). The topological polar surface area (TPSA) is 415 Å². The van der Waals surface area contributed by atoms with Gasteiger partial charge in [-0.05, 0) is 19.8 Å². The average molecular weight is 1360 g/mol. The molecule has 554 valence electrons. The number of unbranched alkanes of at least 4 members (excludes halogenated alkanes) is 30. The van der Waals surface area contributed by atoms with Crippen LogP contribution in [-0.2, 0) is 47.5 Å². The van der Waals surface area contributed by atoms with E-state index in [0.717, 1.165) is 64.7 Å². The second kappa shape index (κ2) is 48.0. The van der Waals surface area contributed by atoms with Gasteiger partial charge in [0.2, 0.25) is 11.8 Å². The molecular weight excluding hydrogens is 1230 g/mol. The molecule has 0 aromatic rings. The third kappa shape index (κ3) is 29.3. The Labute approximate surface area is 559 Å². The van der Waals surface area contributed by atoms with Gasteiger partial charge < -0.3 is 120 Å². The number of ether oxygens (including phenoxy) is 8. The first-order valence-electron chi connectivity index (χ1n) is 36.3. The van der Waals surface area contributed by atoms with Crippen LogP contribution in [0.2, 0.25) is 0 Å². The highest BCUT2D eigenvalue weighted by Crippen LogP contribution is 2.34. The molecule has 16 N–H and O–H groups in total. The Kier molecular flexibility index (Phi) is 43.1. The monoisotopic (exact) mass is 1360 g/mol. The Bertz CT molecular complexity index is 1940. The van der Waals surface area contributed by atoms with Crippen molar-refractivity contribution in [3.63, 3.8) is 0 Å². The Morgan fingerprint density at radius 1 is 0.426 bits per heavy atom. The molecule has 0 spiro atoms. The second-order valence-electron chi connectivity index (χ2n) is 27.1. The fourth-order valence-corrected chi connectivity index (χ4v) is 12.9. The van der Waals surface area contributed by atoms with Gasteiger partial charge >= 0.3 is 0 Å². The molecule has 0 saturated carbocycles. The number of rotatable bonds is 51. The zero-order chi connectivity index (χ0) is 69.0. The van der Waals surface area contributed by atoms with Crippen molar-refractivity contribution in [3.8, 4) is 0 Å². The molecule has 4 aliphatic rings. The van der Waals surface area contributed by atoms with E-state index in [1.807, 2.05) is 0 Å². The van der Waals surface area contributed by atoms with Crippen LogP contribution in [0.4, 0.5) is 0 Å². The third-order valence-electron chi connectivity index (χ3n) is 19.1. The molecule has 0 bridgehead atoms. The number of aliphatic hydroxyl groups is 14. The first-order chi connectivity index (χ1) is 45.2. The van der Waals surface area contributed by atoms with Crippen LogP contribution in [-0.4, -0.2) is 257 Å². The van der Waals surface area contributed by atoms with Crippen molar-refractivity contribution < 1.29 is 119 Å². The normalized spacial score (nSPS) is 32.8. The molecular formula is C68H128N2O24. The van der Waals surface area contributed by atoms with Crippen molar-refractivity contribution >= 4 is 11.8 Å². The summed E-state index contributed by atoms with van der Waals surface area (Å²) < 4.78 is 47.1. The lowest BCUT2D eigenvalue weighted by Crippen LogP contribution is -2.68. The van der Waals surface area contributed by atoms with E-state index in [0.29, 0.717) is 12.8 Å². The van der Waals surface area contributed by atoms with Gasteiger partial charge in [-0.1, -0.05) is 219 Å². The lowest BCUT2D eigenvalue weighted by Gasteiger charge is -2.48. The van der Waals surface area contributed by atoms with Gasteiger partial charge in [0.05, 0.1) is 44.7 Å². The predicted molar refractivity (Wildman–Crippen MR) is 346 cm³/mol. The van der Waals surface area contributed by atoms with Crippen molar-refractivity contribution in [1.82, 2.24) is 10.6 Å². The maximum atomic E-state index is 13.7. The minimum Gasteiger partial charge on any atom is -0.394 e. The lowest BCUT2D eigenvalue weighted by atomic mass is 9.95. The Hall–Kier alpha value is -1.94. The maximum absolute atomic E-state index is 13.7. The summed E-state index contributed by atoms with van der Waals surface area (Å²) in [5, 5.41) is 159.